The van der Waals surface area contributed by atoms with Gasteiger partial charge in [-0.05, 0) is 111 Å². The van der Waals surface area contributed by atoms with Crippen LogP contribution in [0.1, 0.15) is 64.5 Å². The van der Waals surface area contributed by atoms with Crippen LogP contribution in [0, 0.1) is 0 Å². The molecular formula is C33H42BrN6O2P. The smallest absolute Gasteiger partial charge is 0.229 e. The van der Waals surface area contributed by atoms with Crippen molar-refractivity contribution in [2.45, 2.75) is 70.9 Å². The summed E-state index contributed by atoms with van der Waals surface area (Å²) >= 11 is 3.59. The Morgan fingerprint density at radius 2 is 1.72 bits per heavy atom. The molecule has 2 aromatic carbocycles. The number of nitrogens with one attached hydrogen (secondary N) is 3. The number of aromatic nitrogens is 3. The van der Waals surface area contributed by atoms with Gasteiger partial charge < -0.3 is 25.3 Å². The van der Waals surface area contributed by atoms with Crippen LogP contribution in [0.2, 0.25) is 0 Å². The summed E-state index contributed by atoms with van der Waals surface area (Å²) in [7, 11) is -0.972. The van der Waals surface area contributed by atoms with Gasteiger partial charge in [0.2, 0.25) is 5.95 Å². The molecule has 1 fully saturated rings. The largest absolute Gasteiger partial charge is 0.495 e. The molecule has 3 N–H and O–H groups in total. The lowest BCUT2D eigenvalue weighted by Crippen LogP contribution is -2.57. The lowest BCUT2D eigenvalue weighted by molar-refractivity contribution is 0.161. The van der Waals surface area contributed by atoms with E-state index in [1.165, 1.54) is 11.1 Å². The van der Waals surface area contributed by atoms with Gasteiger partial charge in [-0.1, -0.05) is 25.1 Å². The van der Waals surface area contributed by atoms with E-state index in [1.807, 2.05) is 24.3 Å². The van der Waals surface area contributed by atoms with Gasteiger partial charge in [0, 0.05) is 28.0 Å². The Balaban J connectivity index is 1.49. The van der Waals surface area contributed by atoms with Crippen molar-refractivity contribution in [3.8, 4) is 5.75 Å². The highest BCUT2D eigenvalue weighted by Gasteiger charge is 2.39. The topological polar surface area (TPSA) is 101 Å². The number of hydrogen-bond donors (Lipinski definition) is 3. The van der Waals surface area contributed by atoms with Crippen LogP contribution in [0.4, 0.5) is 23.1 Å². The molecule has 0 radical (unpaired) electrons. The maximum Gasteiger partial charge on any atom is 0.229 e. The third-order valence-electron chi connectivity index (χ3n) is 8.00. The van der Waals surface area contributed by atoms with Crippen LogP contribution in [0.5, 0.6) is 5.75 Å². The van der Waals surface area contributed by atoms with Crippen molar-refractivity contribution in [2.75, 3.05) is 31.1 Å². The molecule has 4 aromatic rings. The van der Waals surface area contributed by atoms with E-state index in [0.29, 0.717) is 27.8 Å². The van der Waals surface area contributed by atoms with E-state index < -0.39 is 7.14 Å². The predicted molar refractivity (Wildman–Crippen MR) is 183 cm³/mol. The van der Waals surface area contributed by atoms with Gasteiger partial charge in [0.1, 0.15) is 18.7 Å². The van der Waals surface area contributed by atoms with E-state index in [9.17, 15) is 4.57 Å². The normalized spacial score (nSPS) is 16.7. The second-order valence-electron chi connectivity index (χ2n) is 13.1. The van der Waals surface area contributed by atoms with Crippen molar-refractivity contribution in [1.29, 1.82) is 0 Å². The zero-order valence-electron chi connectivity index (χ0n) is 26.3. The molecule has 1 aliphatic rings. The fourth-order valence-electron chi connectivity index (χ4n) is 6.70. The number of benzene rings is 2. The fourth-order valence-corrected chi connectivity index (χ4v) is 8.45. The summed E-state index contributed by atoms with van der Waals surface area (Å²) in [6, 6.07) is 12.1. The Labute approximate surface area is 263 Å². The first kappa shape index (κ1) is 31.4. The molecule has 228 valence electrons. The van der Waals surface area contributed by atoms with E-state index in [1.54, 1.807) is 32.8 Å². The van der Waals surface area contributed by atoms with E-state index in [0.717, 1.165) is 46.9 Å². The lowest BCUT2D eigenvalue weighted by atomic mass is 9.72. The molecule has 0 amide bonds. The third-order valence-corrected chi connectivity index (χ3v) is 10.1. The molecule has 0 unspecified atom stereocenters. The van der Waals surface area contributed by atoms with Gasteiger partial charge in [0.05, 0.1) is 34.7 Å². The van der Waals surface area contributed by atoms with Crippen LogP contribution in [0.15, 0.2) is 53.3 Å². The number of para-hydroxylation sites is 1. The lowest BCUT2D eigenvalue weighted by Gasteiger charge is -2.47. The highest BCUT2D eigenvalue weighted by Crippen LogP contribution is 2.44. The van der Waals surface area contributed by atoms with Crippen LogP contribution < -0.4 is 26.0 Å². The van der Waals surface area contributed by atoms with E-state index in [2.05, 4.69) is 88.6 Å². The van der Waals surface area contributed by atoms with Crippen LogP contribution in [-0.2, 0) is 11.0 Å². The molecule has 10 heteroatoms. The fraction of sp³-hybridized carbons (Fsp3) is 0.424. The van der Waals surface area contributed by atoms with Gasteiger partial charge in [0.25, 0.3) is 0 Å². The summed E-state index contributed by atoms with van der Waals surface area (Å²) in [4.78, 5) is 13.9. The standard InChI is InChI=1S/C33H42BrN6O2P/c1-9-20-14-26(28(42-6)15-23(20)21-16-32(2,3)40-33(4,5)17-21)38-31-36-18-24(34)30(39-31)37-27-19-35-25-13-11-10-12-22(25)29(27)43(7,8)41/h10-15,18-19,21,40H,9,16-17H2,1-8H3,(H2,36,37,38,39). The van der Waals surface area contributed by atoms with Crippen LogP contribution >= 0.6 is 23.1 Å². The second-order valence-corrected chi connectivity index (χ2v) is 17.1. The van der Waals surface area contributed by atoms with Crippen molar-refractivity contribution < 1.29 is 9.30 Å². The van der Waals surface area contributed by atoms with E-state index in [-0.39, 0.29) is 11.1 Å². The van der Waals surface area contributed by atoms with Gasteiger partial charge >= 0.3 is 0 Å². The Kier molecular flexibility index (Phi) is 8.64. The molecule has 1 aliphatic heterocycles. The molecule has 8 nitrogen and oxygen atoms in total. The summed E-state index contributed by atoms with van der Waals surface area (Å²) in [5.74, 6) is 2.12. The molecule has 5 rings (SSSR count). The first-order valence-electron chi connectivity index (χ1n) is 14.7. The van der Waals surface area contributed by atoms with Gasteiger partial charge in [-0.15, -0.1) is 0 Å². The quantitative estimate of drug-likeness (QED) is 0.162. The van der Waals surface area contributed by atoms with Crippen molar-refractivity contribution >= 4 is 62.4 Å². The number of methoxy groups -OCH3 is 1. The molecule has 2 aromatic heterocycles. The minimum absolute atomic E-state index is 0.0416. The summed E-state index contributed by atoms with van der Waals surface area (Å²) in [6.07, 6.45) is 6.43. The SMILES string of the molecule is CCc1cc(Nc2ncc(Br)c(Nc3cnc4ccccc4c3P(C)(C)=O)n2)c(OC)cc1C1CC(C)(C)NC(C)(C)C1. The Morgan fingerprint density at radius 1 is 1.02 bits per heavy atom. The van der Waals surface area contributed by atoms with Crippen molar-refractivity contribution in [3.63, 3.8) is 0 Å². The monoisotopic (exact) mass is 664 g/mol. The van der Waals surface area contributed by atoms with Crippen LogP contribution in [0.25, 0.3) is 10.9 Å². The van der Waals surface area contributed by atoms with Gasteiger partial charge in [-0.2, -0.15) is 4.98 Å². The maximum atomic E-state index is 13.4. The summed E-state index contributed by atoms with van der Waals surface area (Å²) in [5, 5.41) is 12.2. The van der Waals surface area contributed by atoms with E-state index in [4.69, 9.17) is 9.72 Å². The zero-order chi connectivity index (χ0) is 31.2. The van der Waals surface area contributed by atoms with Crippen molar-refractivity contribution in [1.82, 2.24) is 20.3 Å². The zero-order valence-corrected chi connectivity index (χ0v) is 28.8. The molecule has 0 bridgehead atoms. The highest BCUT2D eigenvalue weighted by atomic mass is 79.9. The molecule has 0 aliphatic carbocycles. The number of hydrogen-bond acceptors (Lipinski definition) is 8. The average Bonchev–Trinajstić information content (AvgIpc) is 2.92. The number of rotatable bonds is 8. The summed E-state index contributed by atoms with van der Waals surface area (Å²) in [5.41, 5.74) is 4.97. The summed E-state index contributed by atoms with van der Waals surface area (Å²) in [6.45, 7) is 14.9. The van der Waals surface area contributed by atoms with E-state index >= 15 is 0 Å². The number of pyridine rings is 1. The number of aryl methyl sites for hydroxylation is 1. The molecule has 0 atom stereocenters. The van der Waals surface area contributed by atoms with Crippen molar-refractivity contribution in [3.05, 3.63) is 64.4 Å². The Morgan fingerprint density at radius 3 is 2.37 bits per heavy atom. The van der Waals surface area contributed by atoms with Crippen LogP contribution in [-0.4, -0.2) is 46.5 Å². The molecule has 3 heterocycles. The summed E-state index contributed by atoms with van der Waals surface area (Å²) < 4.78 is 20.0. The number of ether oxygens (including phenoxy) is 1. The number of fused-ring (bicyclic) bond motifs is 1. The number of halogens is 1. The Hall–Kier alpha value is -3.00. The molecule has 43 heavy (non-hydrogen) atoms. The second kappa shape index (κ2) is 11.8. The number of piperidine rings is 1. The minimum atomic E-state index is -2.67. The maximum absolute atomic E-state index is 13.4. The van der Waals surface area contributed by atoms with Crippen LogP contribution in [0.3, 0.4) is 0 Å². The highest BCUT2D eigenvalue weighted by molar-refractivity contribution is 9.10. The predicted octanol–water partition coefficient (Wildman–Crippen LogP) is 8.12. The first-order chi connectivity index (χ1) is 20.2. The Bertz CT molecular complexity index is 1700. The molecule has 1 saturated heterocycles. The van der Waals surface area contributed by atoms with Gasteiger partial charge in [-0.3, -0.25) is 4.98 Å². The minimum Gasteiger partial charge on any atom is -0.495 e. The first-order valence-corrected chi connectivity index (χ1v) is 18.1. The van der Waals surface area contributed by atoms with Gasteiger partial charge in [0.15, 0.2) is 0 Å². The third kappa shape index (κ3) is 6.89. The number of nitrogens with zero attached hydrogens (tertiary/aromatic N) is 3. The molecular weight excluding hydrogens is 623 g/mol. The van der Waals surface area contributed by atoms with Gasteiger partial charge in [-0.25, -0.2) is 4.98 Å². The molecule has 0 spiro atoms. The number of anilines is 4. The van der Waals surface area contributed by atoms with Crippen molar-refractivity contribution in [2.24, 2.45) is 0 Å². The average molecular weight is 666 g/mol. The molecule has 0 saturated carbocycles.